The predicted octanol–water partition coefficient (Wildman–Crippen LogP) is 0.993. The molecule has 0 aliphatic heterocycles. The van der Waals surface area contributed by atoms with E-state index in [1.165, 1.54) is 0 Å². The van der Waals surface area contributed by atoms with Gasteiger partial charge < -0.3 is 42.3 Å². The lowest BCUT2D eigenvalue weighted by Gasteiger charge is -2.28. The average Bonchev–Trinajstić information content (AvgIpc) is 2.98. The third-order valence-corrected chi connectivity index (χ3v) is 7.93. The molecule has 244 valence electrons. The molecule has 1 saturated carbocycles. The molecule has 0 unspecified atom stereocenters. The standard InChI is InChI=1S/C28H41BrN6O9/c29-18-8-9-19(32-15-18)13-22(33-24(38)17-6-4-16(14-30)5-7-17)25(39)31-12-2-1-3-20(26(40)41)34-28(44)35-21(27(42)43)10-11-23(36)37/h8-9,15-17,20-22H,1-7,10-14,30H2,(H,31,39)(H,33,38)(H,36,37)(H,40,41)(H,42,43)(H2,34,35,44)/t16?,17?,20-,21-,22-/m0/s1. The first-order valence-electron chi connectivity index (χ1n) is 14.5. The lowest BCUT2D eigenvalue weighted by Crippen LogP contribution is -2.51. The Balaban J connectivity index is 1.88. The third-order valence-electron chi connectivity index (χ3n) is 7.46. The topological polar surface area (TPSA) is 250 Å². The van der Waals surface area contributed by atoms with E-state index in [0.717, 1.165) is 17.3 Å². The summed E-state index contributed by atoms with van der Waals surface area (Å²) in [6.07, 6.45) is 4.66. The summed E-state index contributed by atoms with van der Waals surface area (Å²) in [6, 6.07) is -1.23. The van der Waals surface area contributed by atoms with Crippen LogP contribution in [0.3, 0.4) is 0 Å². The lowest BCUT2D eigenvalue weighted by atomic mass is 9.81. The number of aliphatic carboxylic acids is 3. The van der Waals surface area contributed by atoms with Gasteiger partial charge in [0, 0.05) is 41.7 Å². The number of amides is 4. The highest BCUT2D eigenvalue weighted by Gasteiger charge is 2.30. The summed E-state index contributed by atoms with van der Waals surface area (Å²) in [4.78, 5) is 76.2. The highest BCUT2D eigenvalue weighted by molar-refractivity contribution is 9.10. The molecule has 15 nitrogen and oxygen atoms in total. The summed E-state index contributed by atoms with van der Waals surface area (Å²) in [5, 5.41) is 37.3. The van der Waals surface area contributed by atoms with Gasteiger partial charge in [-0.2, -0.15) is 0 Å². The van der Waals surface area contributed by atoms with Crippen molar-refractivity contribution in [3.63, 3.8) is 0 Å². The molecule has 9 N–H and O–H groups in total. The maximum Gasteiger partial charge on any atom is 0.326 e. The molecule has 0 spiro atoms. The molecular formula is C28H41BrN6O9. The summed E-state index contributed by atoms with van der Waals surface area (Å²) in [5.41, 5.74) is 6.37. The van der Waals surface area contributed by atoms with Crippen molar-refractivity contribution in [1.29, 1.82) is 0 Å². The van der Waals surface area contributed by atoms with Crippen molar-refractivity contribution in [2.24, 2.45) is 17.6 Å². The van der Waals surface area contributed by atoms with Crippen molar-refractivity contribution in [2.75, 3.05) is 13.1 Å². The number of hydrogen-bond acceptors (Lipinski definition) is 8. The van der Waals surface area contributed by atoms with Gasteiger partial charge in [-0.15, -0.1) is 0 Å². The molecule has 1 aromatic rings. The van der Waals surface area contributed by atoms with E-state index < -0.39 is 54.4 Å². The third kappa shape index (κ3) is 13.2. The van der Waals surface area contributed by atoms with Crippen LogP contribution in [0, 0.1) is 11.8 Å². The number of carbonyl (C=O) groups excluding carboxylic acids is 3. The average molecular weight is 686 g/mol. The monoisotopic (exact) mass is 684 g/mol. The summed E-state index contributed by atoms with van der Waals surface area (Å²) in [5.74, 6) is -4.43. The van der Waals surface area contributed by atoms with Gasteiger partial charge in [-0.25, -0.2) is 14.4 Å². The largest absolute Gasteiger partial charge is 0.481 e. The lowest BCUT2D eigenvalue weighted by molar-refractivity contribution is -0.141. The molecule has 3 atom stereocenters. The van der Waals surface area contributed by atoms with Crippen molar-refractivity contribution >= 4 is 51.7 Å². The van der Waals surface area contributed by atoms with E-state index in [9.17, 15) is 39.0 Å². The van der Waals surface area contributed by atoms with Gasteiger partial charge >= 0.3 is 23.9 Å². The quantitative estimate of drug-likeness (QED) is 0.101. The van der Waals surface area contributed by atoms with Crippen LogP contribution < -0.4 is 27.0 Å². The van der Waals surface area contributed by atoms with Crippen molar-refractivity contribution in [3.8, 4) is 0 Å². The van der Waals surface area contributed by atoms with Gasteiger partial charge in [0.25, 0.3) is 0 Å². The van der Waals surface area contributed by atoms with Gasteiger partial charge in [-0.1, -0.05) is 0 Å². The van der Waals surface area contributed by atoms with Gasteiger partial charge in [0.15, 0.2) is 0 Å². The summed E-state index contributed by atoms with van der Waals surface area (Å²) >= 11 is 3.32. The Bertz CT molecular complexity index is 1140. The van der Waals surface area contributed by atoms with Crippen LogP contribution >= 0.6 is 15.9 Å². The molecule has 1 aliphatic rings. The van der Waals surface area contributed by atoms with E-state index in [-0.39, 0.29) is 44.1 Å². The van der Waals surface area contributed by atoms with Crippen LogP contribution in [-0.2, 0) is 30.4 Å². The van der Waals surface area contributed by atoms with Gasteiger partial charge in [-0.3, -0.25) is 19.4 Å². The van der Waals surface area contributed by atoms with E-state index >= 15 is 0 Å². The molecule has 1 aromatic heterocycles. The number of nitrogens with two attached hydrogens (primary N) is 1. The number of carboxylic acid groups (broad SMARTS) is 3. The zero-order valence-corrected chi connectivity index (χ0v) is 25.9. The molecule has 1 fully saturated rings. The molecule has 4 amide bonds. The van der Waals surface area contributed by atoms with Crippen LogP contribution in [0.25, 0.3) is 0 Å². The summed E-state index contributed by atoms with van der Waals surface area (Å²) in [6.45, 7) is 0.764. The van der Waals surface area contributed by atoms with E-state index in [1.54, 1.807) is 18.3 Å². The Labute approximate surface area is 263 Å². The minimum absolute atomic E-state index is 0.0139. The van der Waals surface area contributed by atoms with Crippen LogP contribution in [0.1, 0.15) is 63.5 Å². The zero-order chi connectivity index (χ0) is 32.6. The van der Waals surface area contributed by atoms with Crippen molar-refractivity contribution < 1.29 is 44.1 Å². The summed E-state index contributed by atoms with van der Waals surface area (Å²) < 4.78 is 0.773. The number of halogens is 1. The zero-order valence-electron chi connectivity index (χ0n) is 24.3. The van der Waals surface area contributed by atoms with Crippen LogP contribution in [0.5, 0.6) is 0 Å². The van der Waals surface area contributed by atoms with E-state index in [0.29, 0.717) is 37.4 Å². The second-order valence-electron chi connectivity index (χ2n) is 10.8. The number of hydrogen-bond donors (Lipinski definition) is 8. The number of nitrogens with one attached hydrogen (secondary N) is 4. The molecule has 0 bridgehead atoms. The molecule has 0 saturated heterocycles. The first kappa shape index (κ1) is 36.4. The van der Waals surface area contributed by atoms with Gasteiger partial charge in [-0.05, 0) is 91.9 Å². The molecule has 2 rings (SSSR count). The molecule has 0 radical (unpaired) electrons. The van der Waals surface area contributed by atoms with Crippen molar-refractivity contribution in [2.45, 2.75) is 82.3 Å². The number of nitrogens with zero attached hydrogens (tertiary/aromatic N) is 1. The fourth-order valence-electron chi connectivity index (χ4n) is 4.84. The molecule has 0 aromatic carbocycles. The molecule has 1 aliphatic carbocycles. The van der Waals surface area contributed by atoms with Crippen LogP contribution in [-0.4, -0.2) is 87.3 Å². The number of urea groups is 1. The summed E-state index contributed by atoms with van der Waals surface area (Å²) in [7, 11) is 0. The highest BCUT2D eigenvalue weighted by Crippen LogP contribution is 2.28. The van der Waals surface area contributed by atoms with Gasteiger partial charge in [0.2, 0.25) is 11.8 Å². The predicted molar refractivity (Wildman–Crippen MR) is 160 cm³/mol. The van der Waals surface area contributed by atoms with Crippen LogP contribution in [0.2, 0.25) is 0 Å². The second-order valence-corrected chi connectivity index (χ2v) is 11.7. The molecule has 44 heavy (non-hydrogen) atoms. The minimum atomic E-state index is -1.50. The van der Waals surface area contributed by atoms with Crippen molar-refractivity contribution in [1.82, 2.24) is 26.3 Å². The Hall–Kier alpha value is -3.79. The Morgan fingerprint density at radius 3 is 2.07 bits per heavy atom. The first-order chi connectivity index (χ1) is 20.9. The number of rotatable bonds is 18. The maximum absolute atomic E-state index is 13.1. The second kappa shape index (κ2) is 18.8. The van der Waals surface area contributed by atoms with E-state index in [4.69, 9.17) is 10.8 Å². The number of aromatic nitrogens is 1. The Kier molecular flexibility index (Phi) is 15.5. The van der Waals surface area contributed by atoms with Gasteiger partial charge in [0.05, 0.1) is 0 Å². The number of carboxylic acids is 3. The fraction of sp³-hybridized carbons (Fsp3) is 0.607. The molecule has 1 heterocycles. The smallest absolute Gasteiger partial charge is 0.326 e. The number of unbranched alkanes of at least 4 members (excludes halogenated alkanes) is 1. The SMILES string of the molecule is NCC1CCC(C(=O)N[C@@H](Cc2ccc(Br)cn2)C(=O)NCCCC[C@H](NC(=O)N[C@@H](CCC(=O)O)C(=O)O)C(=O)O)CC1. The minimum Gasteiger partial charge on any atom is -0.481 e. The Morgan fingerprint density at radius 2 is 1.52 bits per heavy atom. The first-order valence-corrected chi connectivity index (χ1v) is 15.3. The number of pyridine rings is 1. The van der Waals surface area contributed by atoms with E-state index in [1.807, 2.05) is 0 Å². The maximum atomic E-state index is 13.1. The number of carbonyl (C=O) groups is 6. The van der Waals surface area contributed by atoms with Gasteiger partial charge in [0.1, 0.15) is 18.1 Å². The van der Waals surface area contributed by atoms with Crippen LogP contribution in [0.15, 0.2) is 22.8 Å². The van der Waals surface area contributed by atoms with Crippen molar-refractivity contribution in [3.05, 3.63) is 28.5 Å². The normalized spacial score (nSPS) is 18.2. The van der Waals surface area contributed by atoms with Crippen LogP contribution in [0.4, 0.5) is 4.79 Å². The Morgan fingerprint density at radius 1 is 0.886 bits per heavy atom. The highest BCUT2D eigenvalue weighted by atomic mass is 79.9. The van der Waals surface area contributed by atoms with E-state index in [2.05, 4.69) is 42.2 Å². The molecular weight excluding hydrogens is 644 g/mol. The molecule has 16 heteroatoms. The fourth-order valence-corrected chi connectivity index (χ4v) is 5.08.